The predicted molar refractivity (Wildman–Crippen MR) is 91.2 cm³/mol. The van der Waals surface area contributed by atoms with Crippen LogP contribution in [0, 0.1) is 6.92 Å². The first-order chi connectivity index (χ1) is 11.6. The number of anilines is 1. The summed E-state index contributed by atoms with van der Waals surface area (Å²) in [7, 11) is 4.64. The van der Waals surface area contributed by atoms with Crippen molar-refractivity contribution in [2.75, 3.05) is 33.4 Å². The van der Waals surface area contributed by atoms with Crippen LogP contribution in [0.5, 0.6) is 17.2 Å². The van der Waals surface area contributed by atoms with Gasteiger partial charge >= 0.3 is 0 Å². The molecule has 1 N–H and O–H groups in total. The molecule has 0 bridgehead atoms. The lowest BCUT2D eigenvalue weighted by molar-refractivity contribution is 0.0496. The Morgan fingerprint density at radius 3 is 2.29 bits per heavy atom. The molecule has 0 aliphatic carbocycles. The third-order valence-electron chi connectivity index (χ3n) is 3.46. The van der Waals surface area contributed by atoms with Crippen molar-refractivity contribution >= 4 is 11.6 Å². The van der Waals surface area contributed by atoms with Crippen LogP contribution in [-0.4, -0.2) is 34.0 Å². The number of rotatable bonds is 7. The Morgan fingerprint density at radius 1 is 1.00 bits per heavy atom. The monoisotopic (exact) mass is 331 g/mol. The van der Waals surface area contributed by atoms with Crippen molar-refractivity contribution in [3.8, 4) is 17.2 Å². The van der Waals surface area contributed by atoms with Crippen molar-refractivity contribution in [3.05, 3.63) is 47.5 Å². The molecule has 0 aromatic heterocycles. The van der Waals surface area contributed by atoms with Crippen LogP contribution in [0.25, 0.3) is 0 Å². The minimum Gasteiger partial charge on any atom is -0.497 e. The summed E-state index contributed by atoms with van der Waals surface area (Å²) in [6, 6.07) is 10.5. The molecule has 0 saturated carbocycles. The van der Waals surface area contributed by atoms with Crippen molar-refractivity contribution < 1.29 is 23.7 Å². The minimum atomic E-state index is -0.253. The third kappa shape index (κ3) is 3.97. The van der Waals surface area contributed by atoms with Crippen LogP contribution < -0.4 is 19.5 Å². The summed E-state index contributed by atoms with van der Waals surface area (Å²) >= 11 is 0. The molecule has 0 heterocycles. The topological polar surface area (TPSA) is 66.0 Å². The summed E-state index contributed by atoms with van der Waals surface area (Å²) in [6.07, 6.45) is 0. The van der Waals surface area contributed by atoms with E-state index in [0.717, 1.165) is 5.56 Å². The van der Waals surface area contributed by atoms with Crippen LogP contribution in [0.1, 0.15) is 15.9 Å². The Bertz CT molecular complexity index is 697. The van der Waals surface area contributed by atoms with E-state index >= 15 is 0 Å². The molecular formula is C18H21NO5. The maximum absolute atomic E-state index is 12.5. The quantitative estimate of drug-likeness (QED) is 0.789. The third-order valence-corrected chi connectivity index (χ3v) is 3.46. The van der Waals surface area contributed by atoms with Crippen LogP contribution in [-0.2, 0) is 4.74 Å². The summed E-state index contributed by atoms with van der Waals surface area (Å²) < 4.78 is 20.9. The first-order valence-electron chi connectivity index (χ1n) is 7.35. The highest BCUT2D eigenvalue weighted by molar-refractivity contribution is 6.05. The van der Waals surface area contributed by atoms with Gasteiger partial charge in [-0.05, 0) is 42.8 Å². The van der Waals surface area contributed by atoms with Gasteiger partial charge in [-0.25, -0.2) is 0 Å². The van der Waals surface area contributed by atoms with Gasteiger partial charge in [0.1, 0.15) is 5.75 Å². The number of hydrogen-bond acceptors (Lipinski definition) is 5. The molecule has 0 atom stereocenters. The van der Waals surface area contributed by atoms with Crippen molar-refractivity contribution in [1.29, 1.82) is 0 Å². The number of aryl methyl sites for hydroxylation is 1. The largest absolute Gasteiger partial charge is 0.497 e. The molecular weight excluding hydrogens is 310 g/mol. The molecule has 6 nitrogen and oxygen atoms in total. The SMILES string of the molecule is COCOc1c(OC)ccc(C)c1NC(=O)c1ccc(OC)cc1. The Morgan fingerprint density at radius 2 is 1.71 bits per heavy atom. The first kappa shape index (κ1) is 17.6. The maximum Gasteiger partial charge on any atom is 0.255 e. The van der Waals surface area contributed by atoms with Gasteiger partial charge in [0.25, 0.3) is 5.91 Å². The number of hydrogen-bond donors (Lipinski definition) is 1. The molecule has 24 heavy (non-hydrogen) atoms. The number of carbonyl (C=O) groups excluding carboxylic acids is 1. The lowest BCUT2D eigenvalue weighted by Gasteiger charge is -2.17. The number of ether oxygens (including phenoxy) is 4. The zero-order valence-electron chi connectivity index (χ0n) is 14.2. The van der Waals surface area contributed by atoms with Crippen LogP contribution >= 0.6 is 0 Å². The molecule has 1 amide bonds. The highest BCUT2D eigenvalue weighted by Crippen LogP contribution is 2.38. The van der Waals surface area contributed by atoms with E-state index in [1.54, 1.807) is 44.6 Å². The Hall–Kier alpha value is -2.73. The van der Waals surface area contributed by atoms with Crippen molar-refractivity contribution in [3.63, 3.8) is 0 Å². The molecule has 0 radical (unpaired) electrons. The molecule has 128 valence electrons. The van der Waals surface area contributed by atoms with Gasteiger partial charge in [0.2, 0.25) is 0 Å². The summed E-state index contributed by atoms with van der Waals surface area (Å²) in [5.74, 6) is 1.38. The van der Waals surface area contributed by atoms with Crippen LogP contribution in [0.4, 0.5) is 5.69 Å². The van der Waals surface area contributed by atoms with Crippen molar-refractivity contribution in [1.82, 2.24) is 0 Å². The van der Waals surface area contributed by atoms with Gasteiger partial charge in [-0.15, -0.1) is 0 Å². The fourth-order valence-corrected chi connectivity index (χ4v) is 2.17. The molecule has 0 spiro atoms. The zero-order chi connectivity index (χ0) is 17.5. The molecule has 0 fully saturated rings. The maximum atomic E-state index is 12.5. The molecule has 0 aliphatic heterocycles. The van der Waals surface area contributed by atoms with E-state index in [0.29, 0.717) is 28.5 Å². The summed E-state index contributed by atoms with van der Waals surface area (Å²) in [5, 5.41) is 2.88. The molecule has 0 aliphatic rings. The molecule has 6 heteroatoms. The van der Waals surface area contributed by atoms with Gasteiger partial charge in [-0.1, -0.05) is 6.07 Å². The number of methoxy groups -OCH3 is 3. The van der Waals surface area contributed by atoms with Crippen molar-refractivity contribution in [2.24, 2.45) is 0 Å². The lowest BCUT2D eigenvalue weighted by Crippen LogP contribution is -2.15. The van der Waals surface area contributed by atoms with E-state index < -0.39 is 0 Å². The second-order valence-electron chi connectivity index (χ2n) is 5.02. The Labute approximate surface area is 141 Å². The number of carbonyl (C=O) groups is 1. The summed E-state index contributed by atoms with van der Waals surface area (Å²) in [5.41, 5.74) is 1.91. The molecule has 2 aromatic rings. The standard InChI is InChI=1S/C18H21NO5/c1-12-5-10-15(23-4)17(24-11-21-2)16(12)19-18(20)13-6-8-14(22-3)9-7-13/h5-10H,11H2,1-4H3,(H,19,20). The first-order valence-corrected chi connectivity index (χ1v) is 7.35. The van der Waals surface area contributed by atoms with E-state index in [2.05, 4.69) is 5.32 Å². The zero-order valence-corrected chi connectivity index (χ0v) is 14.2. The Balaban J connectivity index is 2.30. The van der Waals surface area contributed by atoms with Gasteiger partial charge in [-0.3, -0.25) is 4.79 Å². The van der Waals surface area contributed by atoms with Gasteiger partial charge in [-0.2, -0.15) is 0 Å². The smallest absolute Gasteiger partial charge is 0.255 e. The summed E-state index contributed by atoms with van der Waals surface area (Å²) in [4.78, 5) is 12.5. The van der Waals surface area contributed by atoms with Gasteiger partial charge < -0.3 is 24.3 Å². The fraction of sp³-hybridized carbons (Fsp3) is 0.278. The van der Waals surface area contributed by atoms with Gasteiger partial charge in [0.05, 0.1) is 19.9 Å². The van der Waals surface area contributed by atoms with Crippen LogP contribution in [0.3, 0.4) is 0 Å². The lowest BCUT2D eigenvalue weighted by atomic mass is 10.1. The second-order valence-corrected chi connectivity index (χ2v) is 5.02. The number of benzene rings is 2. The Kier molecular flexibility index (Phi) is 6.03. The molecule has 2 aromatic carbocycles. The number of nitrogens with one attached hydrogen (secondary N) is 1. The van der Waals surface area contributed by atoms with E-state index in [4.69, 9.17) is 18.9 Å². The molecule has 0 unspecified atom stereocenters. The van der Waals surface area contributed by atoms with E-state index in [1.807, 2.05) is 13.0 Å². The number of amides is 1. The predicted octanol–water partition coefficient (Wildman–Crippen LogP) is 3.25. The molecule has 2 rings (SSSR count). The molecule has 0 saturated heterocycles. The highest BCUT2D eigenvalue weighted by Gasteiger charge is 2.17. The minimum absolute atomic E-state index is 0.0468. The fourth-order valence-electron chi connectivity index (χ4n) is 2.17. The van der Waals surface area contributed by atoms with Crippen LogP contribution in [0.2, 0.25) is 0 Å². The normalized spacial score (nSPS) is 10.2. The van der Waals surface area contributed by atoms with E-state index in [-0.39, 0.29) is 12.7 Å². The second kappa shape index (κ2) is 8.21. The van der Waals surface area contributed by atoms with E-state index in [9.17, 15) is 4.79 Å². The van der Waals surface area contributed by atoms with E-state index in [1.165, 1.54) is 7.11 Å². The average molecular weight is 331 g/mol. The van der Waals surface area contributed by atoms with Gasteiger partial charge in [0, 0.05) is 12.7 Å². The van der Waals surface area contributed by atoms with Crippen LogP contribution in [0.15, 0.2) is 36.4 Å². The van der Waals surface area contributed by atoms with Crippen molar-refractivity contribution in [2.45, 2.75) is 6.92 Å². The highest BCUT2D eigenvalue weighted by atomic mass is 16.7. The average Bonchev–Trinajstić information content (AvgIpc) is 2.62. The summed E-state index contributed by atoms with van der Waals surface area (Å²) in [6.45, 7) is 1.92. The van der Waals surface area contributed by atoms with Gasteiger partial charge in [0.15, 0.2) is 18.3 Å².